The van der Waals surface area contributed by atoms with Gasteiger partial charge in [-0.1, -0.05) is 13.8 Å². The van der Waals surface area contributed by atoms with Crippen LogP contribution >= 0.6 is 0 Å². The summed E-state index contributed by atoms with van der Waals surface area (Å²) in [5.74, 6) is 1.63. The minimum absolute atomic E-state index is 0.140. The van der Waals surface area contributed by atoms with Crippen LogP contribution in [0.4, 0.5) is 0 Å². The third-order valence-electron chi connectivity index (χ3n) is 4.59. The van der Waals surface area contributed by atoms with E-state index in [1.807, 2.05) is 6.92 Å². The van der Waals surface area contributed by atoms with E-state index in [-0.39, 0.29) is 17.4 Å². The highest BCUT2D eigenvalue weighted by molar-refractivity contribution is 5.80. The minimum atomic E-state index is -0.300. The summed E-state index contributed by atoms with van der Waals surface area (Å²) in [5.41, 5.74) is 11.4. The van der Waals surface area contributed by atoms with Crippen LogP contribution in [-0.4, -0.2) is 11.9 Å². The molecule has 5 unspecified atom stereocenters. The fourth-order valence-electron chi connectivity index (χ4n) is 3.72. The summed E-state index contributed by atoms with van der Waals surface area (Å²) in [6.45, 7) is 4.24. The van der Waals surface area contributed by atoms with Crippen LogP contribution in [-0.2, 0) is 4.79 Å². The van der Waals surface area contributed by atoms with Gasteiger partial charge < -0.3 is 11.5 Å². The average molecular weight is 210 g/mol. The fraction of sp³-hybridized carbons (Fsp3) is 0.917. The smallest absolute Gasteiger partial charge is 0.223 e. The van der Waals surface area contributed by atoms with Crippen LogP contribution in [0.3, 0.4) is 0 Å². The topological polar surface area (TPSA) is 69.1 Å². The summed E-state index contributed by atoms with van der Waals surface area (Å²) in [5, 5.41) is 0. The zero-order valence-corrected chi connectivity index (χ0v) is 9.70. The van der Waals surface area contributed by atoms with Gasteiger partial charge in [-0.3, -0.25) is 4.79 Å². The third kappa shape index (κ3) is 1.78. The monoisotopic (exact) mass is 210 g/mol. The van der Waals surface area contributed by atoms with Gasteiger partial charge in [0.15, 0.2) is 0 Å². The Labute approximate surface area is 91.6 Å². The number of amides is 1. The molecule has 1 amide bonds. The van der Waals surface area contributed by atoms with Gasteiger partial charge in [0.05, 0.1) is 0 Å². The molecule has 4 N–H and O–H groups in total. The van der Waals surface area contributed by atoms with E-state index in [0.717, 1.165) is 12.8 Å². The van der Waals surface area contributed by atoms with Crippen LogP contribution in [0.15, 0.2) is 0 Å². The Balaban J connectivity index is 2.18. The number of rotatable bonds is 1. The molecule has 0 aliphatic heterocycles. The van der Waals surface area contributed by atoms with Crippen molar-refractivity contribution in [1.29, 1.82) is 0 Å². The van der Waals surface area contributed by atoms with Crippen molar-refractivity contribution in [1.82, 2.24) is 0 Å². The summed E-state index contributed by atoms with van der Waals surface area (Å²) in [6, 6.07) is 0.264. The summed E-state index contributed by atoms with van der Waals surface area (Å²) < 4.78 is 0. The molecule has 0 spiro atoms. The second kappa shape index (κ2) is 3.48. The minimum Gasteiger partial charge on any atom is -0.369 e. The molecule has 15 heavy (non-hydrogen) atoms. The molecule has 0 saturated heterocycles. The summed E-state index contributed by atoms with van der Waals surface area (Å²) >= 11 is 0. The SMILES string of the molecule is CC1CC2CC(CC(C)(C(N)=O)C2)C1N. The van der Waals surface area contributed by atoms with Gasteiger partial charge >= 0.3 is 0 Å². The van der Waals surface area contributed by atoms with Crippen molar-refractivity contribution >= 4 is 5.91 Å². The van der Waals surface area contributed by atoms with Crippen molar-refractivity contribution in [2.45, 2.75) is 45.6 Å². The average Bonchev–Trinajstić information content (AvgIpc) is 2.13. The van der Waals surface area contributed by atoms with Gasteiger partial charge in [0.25, 0.3) is 0 Å². The lowest BCUT2D eigenvalue weighted by Gasteiger charge is -2.48. The second-order valence-electron chi connectivity index (χ2n) is 5.99. The van der Waals surface area contributed by atoms with Crippen LogP contribution < -0.4 is 11.5 Å². The van der Waals surface area contributed by atoms with E-state index in [1.165, 1.54) is 12.8 Å². The van der Waals surface area contributed by atoms with Gasteiger partial charge in [0.2, 0.25) is 5.91 Å². The molecule has 0 heterocycles. The number of carbonyl (C=O) groups excluding carboxylic acids is 1. The number of carbonyl (C=O) groups is 1. The molecule has 86 valence electrons. The fourth-order valence-corrected chi connectivity index (χ4v) is 3.72. The Morgan fingerprint density at radius 2 is 2.00 bits per heavy atom. The molecule has 0 aromatic rings. The van der Waals surface area contributed by atoms with E-state index in [0.29, 0.717) is 17.8 Å². The zero-order chi connectivity index (χ0) is 11.2. The lowest BCUT2D eigenvalue weighted by Crippen LogP contribution is -2.51. The van der Waals surface area contributed by atoms with E-state index >= 15 is 0 Å². The summed E-state index contributed by atoms with van der Waals surface area (Å²) in [4.78, 5) is 11.5. The summed E-state index contributed by atoms with van der Waals surface area (Å²) in [7, 11) is 0. The molecule has 3 heteroatoms. The van der Waals surface area contributed by atoms with Crippen molar-refractivity contribution in [3.05, 3.63) is 0 Å². The van der Waals surface area contributed by atoms with Crippen LogP contribution in [0.1, 0.15) is 39.5 Å². The Morgan fingerprint density at radius 3 is 2.60 bits per heavy atom. The maximum Gasteiger partial charge on any atom is 0.223 e. The van der Waals surface area contributed by atoms with E-state index < -0.39 is 0 Å². The normalized spacial score (nSPS) is 50.1. The molecule has 2 fully saturated rings. The molecule has 0 aromatic carbocycles. The van der Waals surface area contributed by atoms with Crippen LogP contribution in [0.2, 0.25) is 0 Å². The van der Waals surface area contributed by atoms with E-state index in [1.54, 1.807) is 0 Å². The third-order valence-corrected chi connectivity index (χ3v) is 4.59. The van der Waals surface area contributed by atoms with Crippen molar-refractivity contribution in [3.63, 3.8) is 0 Å². The zero-order valence-electron chi connectivity index (χ0n) is 9.70. The van der Waals surface area contributed by atoms with Gasteiger partial charge in [-0.25, -0.2) is 0 Å². The predicted molar refractivity (Wildman–Crippen MR) is 59.9 cm³/mol. The highest BCUT2D eigenvalue weighted by Gasteiger charge is 2.46. The maximum absolute atomic E-state index is 11.5. The standard InChI is InChI=1S/C12H22N2O/c1-7-3-8-4-9(10(7)13)6-12(2,5-8)11(14)15/h7-10H,3-6,13H2,1-2H3,(H2,14,15). The molecule has 2 rings (SSSR count). The van der Waals surface area contributed by atoms with E-state index in [9.17, 15) is 4.79 Å². The number of nitrogens with two attached hydrogens (primary N) is 2. The number of hydrogen-bond acceptors (Lipinski definition) is 2. The first-order valence-electron chi connectivity index (χ1n) is 5.98. The van der Waals surface area contributed by atoms with Crippen molar-refractivity contribution in [2.24, 2.45) is 34.6 Å². The molecular formula is C12H22N2O. The number of primary amides is 1. The quantitative estimate of drug-likeness (QED) is 0.684. The highest BCUT2D eigenvalue weighted by atomic mass is 16.1. The Kier molecular flexibility index (Phi) is 2.53. The van der Waals surface area contributed by atoms with Gasteiger partial charge in [-0.15, -0.1) is 0 Å². The lowest BCUT2D eigenvalue weighted by atomic mass is 9.57. The van der Waals surface area contributed by atoms with Gasteiger partial charge in [-0.2, -0.15) is 0 Å². The molecule has 0 radical (unpaired) electrons. The first-order chi connectivity index (χ1) is 6.92. The van der Waals surface area contributed by atoms with Crippen LogP contribution in [0.25, 0.3) is 0 Å². The Morgan fingerprint density at radius 1 is 1.33 bits per heavy atom. The van der Waals surface area contributed by atoms with Gasteiger partial charge in [0, 0.05) is 11.5 Å². The van der Waals surface area contributed by atoms with Crippen molar-refractivity contribution in [3.8, 4) is 0 Å². The van der Waals surface area contributed by atoms with Crippen LogP contribution in [0.5, 0.6) is 0 Å². The molecule has 5 atom stereocenters. The highest BCUT2D eigenvalue weighted by Crippen LogP contribution is 2.49. The molecule has 2 bridgehead atoms. The first-order valence-corrected chi connectivity index (χ1v) is 5.98. The molecule has 0 aromatic heterocycles. The number of fused-ring (bicyclic) bond motifs is 2. The summed E-state index contributed by atoms with van der Waals surface area (Å²) in [6.07, 6.45) is 4.23. The van der Waals surface area contributed by atoms with Gasteiger partial charge in [0.1, 0.15) is 0 Å². The lowest BCUT2D eigenvalue weighted by molar-refractivity contribution is -0.132. The van der Waals surface area contributed by atoms with E-state index in [2.05, 4.69) is 6.92 Å². The Bertz CT molecular complexity index is 277. The Hall–Kier alpha value is -0.570. The molecule has 3 nitrogen and oxygen atoms in total. The maximum atomic E-state index is 11.5. The second-order valence-corrected chi connectivity index (χ2v) is 5.99. The number of hydrogen-bond donors (Lipinski definition) is 2. The van der Waals surface area contributed by atoms with Gasteiger partial charge in [-0.05, 0) is 43.4 Å². The van der Waals surface area contributed by atoms with Crippen molar-refractivity contribution < 1.29 is 4.79 Å². The molecule has 2 aliphatic carbocycles. The van der Waals surface area contributed by atoms with Crippen molar-refractivity contribution in [2.75, 3.05) is 0 Å². The molecular weight excluding hydrogens is 188 g/mol. The first kappa shape index (κ1) is 10.9. The predicted octanol–water partition coefficient (Wildman–Crippen LogP) is 1.26. The van der Waals surface area contributed by atoms with Crippen LogP contribution in [0, 0.1) is 23.2 Å². The molecule has 2 saturated carbocycles. The molecule has 2 aliphatic rings. The van der Waals surface area contributed by atoms with E-state index in [4.69, 9.17) is 11.5 Å². The largest absolute Gasteiger partial charge is 0.369 e.